The van der Waals surface area contributed by atoms with Crippen LogP contribution in [-0.2, 0) is 14.4 Å². The van der Waals surface area contributed by atoms with E-state index in [1.165, 1.54) is 0 Å². The van der Waals surface area contributed by atoms with Crippen LogP contribution in [-0.4, -0.2) is 72.5 Å². The Hall–Kier alpha value is -0.330. The second-order valence-corrected chi connectivity index (χ2v) is 0.316. The quantitative estimate of drug-likeness (QED) is 0.299. The number of rotatable bonds is 0. The zero-order valence-corrected chi connectivity index (χ0v) is 4.30. The van der Waals surface area contributed by atoms with Crippen molar-refractivity contribution in [2.75, 3.05) is 0 Å². The molecule has 0 aliphatic heterocycles. The van der Waals surface area contributed by atoms with Crippen molar-refractivity contribution in [3.63, 3.8) is 0 Å². The van der Waals surface area contributed by atoms with Crippen molar-refractivity contribution in [3.05, 3.63) is 0 Å². The van der Waals surface area contributed by atoms with Gasteiger partial charge in [-0.25, -0.2) is 0 Å². The van der Waals surface area contributed by atoms with E-state index >= 15 is 0 Å². The van der Waals surface area contributed by atoms with Crippen LogP contribution >= 0.6 is 0 Å². The number of carbonyl (C=O) groups is 3. The molecule has 0 saturated carbocycles. The van der Waals surface area contributed by atoms with Crippen LogP contribution in [0.1, 0.15) is 0 Å². The third kappa shape index (κ3) is 3130. The zero-order valence-electron chi connectivity index (χ0n) is 4.30. The first-order valence-electron chi connectivity index (χ1n) is 1.48. The van der Waals surface area contributed by atoms with Gasteiger partial charge in [0.2, 0.25) is 0 Å². The molecule has 0 radical (unpaired) electrons. The maximum atomic E-state index is 8.36. The standard InChI is InChI=1S/3CH2O2.Ca.2H/c3*2-1-3;;;/h3*1H,(H,2,3);;;. The molecule has 0 aromatic carbocycles. The molecule has 0 aliphatic rings. The molecular weight excluding hydrogens is 172 g/mol. The molecule has 0 aromatic rings. The summed E-state index contributed by atoms with van der Waals surface area (Å²) in [7, 11) is 0. The molecule has 10 heavy (non-hydrogen) atoms. The van der Waals surface area contributed by atoms with E-state index in [4.69, 9.17) is 29.7 Å². The van der Waals surface area contributed by atoms with E-state index < -0.39 is 0 Å². The summed E-state index contributed by atoms with van der Waals surface area (Å²) < 4.78 is 0. The molecule has 0 fully saturated rings. The summed E-state index contributed by atoms with van der Waals surface area (Å²) in [6, 6.07) is 0. The van der Waals surface area contributed by atoms with E-state index in [0.717, 1.165) is 0 Å². The first-order chi connectivity index (χ1) is 4.24. The summed E-state index contributed by atoms with van der Waals surface area (Å²) in [4.78, 5) is 25.1. The summed E-state index contributed by atoms with van der Waals surface area (Å²) in [5.41, 5.74) is 0. The molecule has 0 bridgehead atoms. The predicted octanol–water partition coefficient (Wildman–Crippen LogP) is -1.81. The molecule has 0 rings (SSSR count). The van der Waals surface area contributed by atoms with Crippen molar-refractivity contribution >= 4 is 57.2 Å². The van der Waals surface area contributed by atoms with E-state index in [9.17, 15) is 0 Å². The van der Waals surface area contributed by atoms with E-state index in [0.29, 0.717) is 0 Å². The normalized spacial score (nSPS) is 3.60. The SMILES string of the molecule is O=CO.O=CO.O=CO.[CaH2]. The molecule has 6 nitrogen and oxygen atoms in total. The zero-order chi connectivity index (χ0) is 8.12. The molecule has 0 saturated heterocycles. The van der Waals surface area contributed by atoms with Crippen LogP contribution in [0.15, 0.2) is 0 Å². The molecular formula is C3H8CaO6. The van der Waals surface area contributed by atoms with Crippen molar-refractivity contribution in [2.24, 2.45) is 0 Å². The number of hydrogen-bond donors (Lipinski definition) is 3. The molecule has 0 atom stereocenters. The summed E-state index contributed by atoms with van der Waals surface area (Å²) in [5, 5.41) is 20.7. The summed E-state index contributed by atoms with van der Waals surface area (Å²) in [5.74, 6) is 0. The molecule has 3 N–H and O–H groups in total. The van der Waals surface area contributed by atoms with Crippen molar-refractivity contribution in [1.29, 1.82) is 0 Å². The van der Waals surface area contributed by atoms with Crippen LogP contribution < -0.4 is 0 Å². The van der Waals surface area contributed by atoms with Crippen LogP contribution in [0.3, 0.4) is 0 Å². The molecule has 0 spiro atoms. The van der Waals surface area contributed by atoms with Crippen LogP contribution in [0, 0.1) is 0 Å². The molecule has 0 aliphatic carbocycles. The molecule has 0 heterocycles. The van der Waals surface area contributed by atoms with Gasteiger partial charge in [-0.1, -0.05) is 0 Å². The van der Waals surface area contributed by atoms with Gasteiger partial charge in [0.15, 0.2) is 0 Å². The van der Waals surface area contributed by atoms with E-state index in [2.05, 4.69) is 0 Å². The van der Waals surface area contributed by atoms with Gasteiger partial charge in [-0.15, -0.1) is 0 Å². The fourth-order valence-electron chi connectivity index (χ4n) is 0. The van der Waals surface area contributed by atoms with Crippen LogP contribution in [0.2, 0.25) is 0 Å². The van der Waals surface area contributed by atoms with E-state index in [-0.39, 0.29) is 57.2 Å². The second kappa shape index (κ2) is 71.6. The minimum atomic E-state index is -0.250. The molecule has 58 valence electrons. The molecule has 0 aromatic heterocycles. The number of hydrogen-bond acceptors (Lipinski definition) is 3. The Kier molecular flexibility index (Phi) is 162. The van der Waals surface area contributed by atoms with Crippen molar-refractivity contribution < 1.29 is 29.7 Å². The maximum absolute atomic E-state index is 8.36. The van der Waals surface area contributed by atoms with Crippen LogP contribution in [0.5, 0.6) is 0 Å². The topological polar surface area (TPSA) is 112 Å². The predicted molar refractivity (Wildman–Crippen MR) is 34.6 cm³/mol. The van der Waals surface area contributed by atoms with Crippen molar-refractivity contribution in [2.45, 2.75) is 0 Å². The Balaban J connectivity index is -0.0000000257. The fraction of sp³-hybridized carbons (Fsp3) is 0. The van der Waals surface area contributed by atoms with Gasteiger partial charge in [-0.2, -0.15) is 0 Å². The Morgan fingerprint density at radius 2 is 0.700 bits per heavy atom. The first-order valence-corrected chi connectivity index (χ1v) is 1.48. The van der Waals surface area contributed by atoms with Crippen LogP contribution in [0.25, 0.3) is 0 Å². The van der Waals surface area contributed by atoms with Gasteiger partial charge in [0.05, 0.1) is 0 Å². The van der Waals surface area contributed by atoms with Crippen molar-refractivity contribution in [1.82, 2.24) is 0 Å². The second-order valence-electron chi connectivity index (χ2n) is 0.316. The summed E-state index contributed by atoms with van der Waals surface area (Å²) in [6.07, 6.45) is 0. The van der Waals surface area contributed by atoms with Crippen molar-refractivity contribution in [3.8, 4) is 0 Å². The van der Waals surface area contributed by atoms with Gasteiger partial charge < -0.3 is 15.3 Å². The van der Waals surface area contributed by atoms with Gasteiger partial charge in [0.1, 0.15) is 0 Å². The van der Waals surface area contributed by atoms with Gasteiger partial charge in [-0.05, 0) is 0 Å². The third-order valence-electron chi connectivity index (χ3n) is 0. The molecule has 0 amide bonds. The van der Waals surface area contributed by atoms with Gasteiger partial charge in [0.25, 0.3) is 19.4 Å². The Morgan fingerprint density at radius 1 is 0.700 bits per heavy atom. The third-order valence-corrected chi connectivity index (χ3v) is 0. The van der Waals surface area contributed by atoms with Gasteiger partial charge in [-0.3, -0.25) is 14.4 Å². The van der Waals surface area contributed by atoms with Crippen LogP contribution in [0.4, 0.5) is 0 Å². The Morgan fingerprint density at radius 3 is 0.700 bits per heavy atom. The molecule has 0 unspecified atom stereocenters. The Labute approximate surface area is 86.5 Å². The fourth-order valence-corrected chi connectivity index (χ4v) is 0. The Bertz CT molecular complexity index is 49.7. The average Bonchev–Trinajstić information content (AvgIpc) is 1.70. The average molecular weight is 180 g/mol. The molecule has 7 heteroatoms. The first kappa shape index (κ1) is 22.6. The number of carboxylic acid groups (broad SMARTS) is 3. The summed E-state index contributed by atoms with van der Waals surface area (Å²) in [6.45, 7) is -0.750. The minimum absolute atomic E-state index is 0. The monoisotopic (exact) mass is 180 g/mol. The summed E-state index contributed by atoms with van der Waals surface area (Å²) >= 11 is 0. The van der Waals surface area contributed by atoms with E-state index in [1.807, 2.05) is 0 Å². The van der Waals surface area contributed by atoms with Gasteiger partial charge in [0, 0.05) is 0 Å². The van der Waals surface area contributed by atoms with Gasteiger partial charge >= 0.3 is 37.7 Å². The van der Waals surface area contributed by atoms with E-state index in [1.54, 1.807) is 0 Å².